The number of amides is 1. The number of hydrogen-bond acceptors (Lipinski definition) is 3. The maximum absolute atomic E-state index is 13.0. The zero-order valence-electron chi connectivity index (χ0n) is 15.0. The molecule has 25 heavy (non-hydrogen) atoms. The van der Waals surface area contributed by atoms with Gasteiger partial charge in [0.15, 0.2) is 5.78 Å². The molecule has 1 aliphatic rings. The number of piperidine rings is 1. The highest BCUT2D eigenvalue weighted by Crippen LogP contribution is 2.27. The summed E-state index contributed by atoms with van der Waals surface area (Å²) < 4.78 is 0. The molecule has 0 bridgehead atoms. The number of thioether (sulfide) groups is 1. The molecule has 1 amide bonds. The van der Waals surface area contributed by atoms with Crippen molar-refractivity contribution in [2.75, 3.05) is 19.3 Å². The zero-order chi connectivity index (χ0) is 18.0. The van der Waals surface area contributed by atoms with E-state index in [-0.39, 0.29) is 17.6 Å². The van der Waals surface area contributed by atoms with Gasteiger partial charge >= 0.3 is 0 Å². The summed E-state index contributed by atoms with van der Waals surface area (Å²) in [6, 6.07) is 9.72. The number of carbonyl (C=O) groups excluding carboxylic acids is 2. The van der Waals surface area contributed by atoms with Crippen molar-refractivity contribution >= 4 is 23.5 Å². The minimum atomic E-state index is -0.123. The van der Waals surface area contributed by atoms with E-state index in [1.54, 1.807) is 11.8 Å². The van der Waals surface area contributed by atoms with Crippen molar-refractivity contribution in [2.24, 2.45) is 5.92 Å². The van der Waals surface area contributed by atoms with E-state index in [1.165, 1.54) is 0 Å². The van der Waals surface area contributed by atoms with Gasteiger partial charge in [-0.15, -0.1) is 11.8 Å². The number of hydrogen-bond donors (Lipinski definition) is 1. The van der Waals surface area contributed by atoms with Gasteiger partial charge in [0.25, 0.3) is 5.91 Å². The number of nitrogens with zero attached hydrogens (tertiary/aromatic N) is 1. The minimum absolute atomic E-state index is 0.00116. The predicted molar refractivity (Wildman–Crippen MR) is 101 cm³/mol. The van der Waals surface area contributed by atoms with Crippen molar-refractivity contribution in [1.82, 2.24) is 9.88 Å². The Bertz CT molecular complexity index is 797. The number of ketones is 1. The molecule has 1 saturated heterocycles. The maximum atomic E-state index is 13.0. The molecule has 0 aliphatic carbocycles. The first-order chi connectivity index (χ1) is 12.0. The third-order valence-electron chi connectivity index (χ3n) is 4.82. The van der Waals surface area contributed by atoms with Crippen molar-refractivity contribution < 1.29 is 9.59 Å². The summed E-state index contributed by atoms with van der Waals surface area (Å²) in [6.45, 7) is 5.10. The third kappa shape index (κ3) is 3.66. The lowest BCUT2D eigenvalue weighted by Crippen LogP contribution is -2.42. The lowest BCUT2D eigenvalue weighted by atomic mass is 9.89. The van der Waals surface area contributed by atoms with Gasteiger partial charge in [0.1, 0.15) is 5.69 Å². The van der Waals surface area contributed by atoms with E-state index < -0.39 is 0 Å². The highest BCUT2D eigenvalue weighted by molar-refractivity contribution is 7.98. The maximum Gasteiger partial charge on any atom is 0.270 e. The van der Waals surface area contributed by atoms with Crippen LogP contribution in [0, 0.1) is 19.8 Å². The molecule has 0 spiro atoms. The smallest absolute Gasteiger partial charge is 0.270 e. The molecule has 4 nitrogen and oxygen atoms in total. The lowest BCUT2D eigenvalue weighted by Gasteiger charge is -2.32. The minimum Gasteiger partial charge on any atom is -0.354 e. The number of Topliss-reactive ketones (excluding diaryl/α,β-unsaturated/α-hetero) is 1. The largest absolute Gasteiger partial charge is 0.354 e. The van der Waals surface area contributed by atoms with Crippen LogP contribution in [0.3, 0.4) is 0 Å². The van der Waals surface area contributed by atoms with E-state index in [1.807, 2.05) is 55.3 Å². The molecular weight excluding hydrogens is 332 g/mol. The molecule has 1 aromatic carbocycles. The van der Waals surface area contributed by atoms with E-state index in [0.717, 1.165) is 34.6 Å². The second-order valence-electron chi connectivity index (χ2n) is 6.67. The summed E-state index contributed by atoms with van der Waals surface area (Å²) in [5, 5.41) is 0. The number of aryl methyl sites for hydroxylation is 2. The summed E-state index contributed by atoms with van der Waals surface area (Å²) >= 11 is 1.59. The normalized spacial score (nSPS) is 17.6. The van der Waals surface area contributed by atoms with Gasteiger partial charge in [-0.25, -0.2) is 0 Å². The van der Waals surface area contributed by atoms with Gasteiger partial charge in [0, 0.05) is 35.2 Å². The Balaban J connectivity index is 1.78. The van der Waals surface area contributed by atoms with E-state index in [2.05, 4.69) is 4.98 Å². The number of rotatable bonds is 4. The number of carbonyl (C=O) groups is 2. The van der Waals surface area contributed by atoms with Crippen molar-refractivity contribution in [3.05, 3.63) is 52.8 Å². The van der Waals surface area contributed by atoms with Crippen LogP contribution in [0.1, 0.15) is 44.9 Å². The highest BCUT2D eigenvalue weighted by atomic mass is 32.2. The molecule has 2 heterocycles. The SMILES string of the molecule is CSc1ccccc1C(=O)C1CCCN(C(=O)c2[nH]c(C)cc2C)C1. The summed E-state index contributed by atoms with van der Waals surface area (Å²) in [5.41, 5.74) is 3.37. The number of benzene rings is 1. The average Bonchev–Trinajstić information content (AvgIpc) is 2.98. The Morgan fingerprint density at radius 2 is 2.00 bits per heavy atom. The molecule has 2 aromatic rings. The third-order valence-corrected chi connectivity index (χ3v) is 5.61. The van der Waals surface area contributed by atoms with Crippen LogP contribution >= 0.6 is 11.8 Å². The van der Waals surface area contributed by atoms with E-state index >= 15 is 0 Å². The molecule has 0 saturated carbocycles. The van der Waals surface area contributed by atoms with Gasteiger partial charge < -0.3 is 9.88 Å². The summed E-state index contributed by atoms with van der Waals surface area (Å²) in [7, 11) is 0. The van der Waals surface area contributed by atoms with Crippen LogP contribution in [0.2, 0.25) is 0 Å². The fourth-order valence-electron chi connectivity index (χ4n) is 3.55. The number of likely N-dealkylation sites (tertiary alicyclic amines) is 1. The van der Waals surface area contributed by atoms with Crippen LogP contribution in [0.25, 0.3) is 0 Å². The van der Waals surface area contributed by atoms with E-state index in [0.29, 0.717) is 18.8 Å². The standard InChI is InChI=1S/C20H24N2O2S/c1-13-11-14(2)21-18(13)20(24)22-10-6-7-15(12-22)19(23)16-8-4-5-9-17(16)25-3/h4-5,8-9,11,15,21H,6-7,10,12H2,1-3H3. The first-order valence-electron chi connectivity index (χ1n) is 8.64. The molecule has 1 aromatic heterocycles. The van der Waals surface area contributed by atoms with Gasteiger partial charge in [-0.1, -0.05) is 18.2 Å². The van der Waals surface area contributed by atoms with Gasteiger partial charge in [-0.2, -0.15) is 0 Å². The van der Waals surface area contributed by atoms with E-state index in [9.17, 15) is 9.59 Å². The predicted octanol–water partition coefficient (Wildman–Crippen LogP) is 4.09. The molecule has 1 atom stereocenters. The quantitative estimate of drug-likeness (QED) is 0.663. The highest BCUT2D eigenvalue weighted by Gasteiger charge is 2.31. The van der Waals surface area contributed by atoms with Crippen LogP contribution < -0.4 is 0 Å². The molecule has 132 valence electrons. The Hall–Kier alpha value is -2.01. The number of H-pyrrole nitrogens is 1. The molecule has 1 unspecified atom stereocenters. The van der Waals surface area contributed by atoms with Gasteiger partial charge in [-0.3, -0.25) is 9.59 Å². The van der Waals surface area contributed by atoms with Crippen LogP contribution in [-0.2, 0) is 0 Å². The Labute approximate surface area is 153 Å². The molecular formula is C20H24N2O2S. The van der Waals surface area contributed by atoms with E-state index in [4.69, 9.17) is 0 Å². The first-order valence-corrected chi connectivity index (χ1v) is 9.86. The Kier molecular flexibility index (Phi) is 5.33. The molecule has 1 N–H and O–H groups in total. The van der Waals surface area contributed by atoms with Crippen molar-refractivity contribution in [1.29, 1.82) is 0 Å². The van der Waals surface area contributed by atoms with Gasteiger partial charge in [0.2, 0.25) is 0 Å². The summed E-state index contributed by atoms with van der Waals surface area (Å²) in [5.74, 6) is 0.0328. The van der Waals surface area contributed by atoms with Crippen LogP contribution in [-0.4, -0.2) is 40.9 Å². The molecule has 5 heteroatoms. The fraction of sp³-hybridized carbons (Fsp3) is 0.400. The van der Waals surface area contributed by atoms with Crippen LogP contribution in [0.15, 0.2) is 35.2 Å². The summed E-state index contributed by atoms with van der Waals surface area (Å²) in [6.07, 6.45) is 3.69. The monoisotopic (exact) mass is 356 g/mol. The second-order valence-corrected chi connectivity index (χ2v) is 7.51. The van der Waals surface area contributed by atoms with Crippen molar-refractivity contribution in [3.63, 3.8) is 0 Å². The van der Waals surface area contributed by atoms with Gasteiger partial charge in [0.05, 0.1) is 0 Å². The van der Waals surface area contributed by atoms with Crippen LogP contribution in [0.4, 0.5) is 0 Å². The lowest BCUT2D eigenvalue weighted by molar-refractivity contribution is 0.0631. The Morgan fingerprint density at radius 3 is 2.68 bits per heavy atom. The van der Waals surface area contributed by atoms with Crippen molar-refractivity contribution in [3.8, 4) is 0 Å². The first kappa shape index (κ1) is 17.8. The fourth-order valence-corrected chi connectivity index (χ4v) is 4.16. The molecule has 1 fully saturated rings. The summed E-state index contributed by atoms with van der Waals surface area (Å²) in [4.78, 5) is 31.8. The number of nitrogens with one attached hydrogen (secondary N) is 1. The number of aromatic nitrogens is 1. The van der Waals surface area contributed by atoms with Crippen molar-refractivity contribution in [2.45, 2.75) is 31.6 Å². The molecule has 0 radical (unpaired) electrons. The van der Waals surface area contributed by atoms with Crippen LogP contribution in [0.5, 0.6) is 0 Å². The average molecular weight is 356 g/mol. The second kappa shape index (κ2) is 7.48. The van der Waals surface area contributed by atoms with Gasteiger partial charge in [-0.05, 0) is 50.6 Å². The molecule has 3 rings (SSSR count). The topological polar surface area (TPSA) is 53.2 Å². The Morgan fingerprint density at radius 1 is 1.24 bits per heavy atom. The molecule has 1 aliphatic heterocycles. The zero-order valence-corrected chi connectivity index (χ0v) is 15.8. The number of aromatic amines is 1.